The van der Waals surface area contributed by atoms with Gasteiger partial charge in [-0.2, -0.15) is 0 Å². The first-order chi connectivity index (χ1) is 13.1. The summed E-state index contributed by atoms with van der Waals surface area (Å²) < 4.78 is 45.3. The van der Waals surface area contributed by atoms with Crippen molar-refractivity contribution in [1.82, 2.24) is 9.97 Å². The SMILES string of the molecule is Fc1ccc(OC2CCN(c3nc(C(F)F)nc4ccccc34)CC2)cc1. The standard InChI is InChI=1S/C20H18F3N3O/c21-13-5-7-14(8-6-13)27-15-9-11-26(12-10-15)20-16-3-1-2-4-17(16)24-19(25-20)18(22)23/h1-8,15,18H,9-12H2. The van der Waals surface area contributed by atoms with E-state index in [0.29, 0.717) is 30.2 Å². The molecule has 4 nitrogen and oxygen atoms in total. The Hall–Kier alpha value is -2.83. The van der Waals surface area contributed by atoms with Gasteiger partial charge in [-0.25, -0.2) is 23.1 Å². The summed E-state index contributed by atoms with van der Waals surface area (Å²) in [5.74, 6) is 0.412. The van der Waals surface area contributed by atoms with E-state index in [1.807, 2.05) is 17.0 Å². The minimum absolute atomic E-state index is 0.00520. The number of ether oxygens (including phenoxy) is 1. The van der Waals surface area contributed by atoms with Crippen molar-refractivity contribution in [3.8, 4) is 5.75 Å². The summed E-state index contributed by atoms with van der Waals surface area (Å²) in [6, 6.07) is 13.1. The Kier molecular flexibility index (Phi) is 4.83. The molecule has 0 aliphatic carbocycles. The topological polar surface area (TPSA) is 38.2 Å². The normalized spacial score (nSPS) is 15.5. The summed E-state index contributed by atoms with van der Waals surface area (Å²) in [6.45, 7) is 1.27. The van der Waals surface area contributed by atoms with Gasteiger partial charge in [0.05, 0.1) is 5.52 Å². The van der Waals surface area contributed by atoms with E-state index in [0.717, 1.165) is 18.2 Å². The van der Waals surface area contributed by atoms with Crippen molar-refractivity contribution in [3.05, 3.63) is 60.2 Å². The highest BCUT2D eigenvalue weighted by atomic mass is 19.3. The van der Waals surface area contributed by atoms with Gasteiger partial charge in [0.2, 0.25) is 0 Å². The average molecular weight is 373 g/mol. The minimum atomic E-state index is -2.72. The number of rotatable bonds is 4. The summed E-state index contributed by atoms with van der Waals surface area (Å²) in [7, 11) is 0. The van der Waals surface area contributed by atoms with Crippen LogP contribution in [0.3, 0.4) is 0 Å². The number of hydrogen-bond acceptors (Lipinski definition) is 4. The van der Waals surface area contributed by atoms with Crippen LogP contribution in [-0.4, -0.2) is 29.2 Å². The third kappa shape index (κ3) is 3.82. The second-order valence-corrected chi connectivity index (χ2v) is 6.48. The van der Waals surface area contributed by atoms with E-state index in [1.54, 1.807) is 24.3 Å². The summed E-state index contributed by atoms with van der Waals surface area (Å²) in [6.07, 6.45) is -1.28. The molecule has 2 aromatic carbocycles. The molecule has 3 aromatic rings. The molecule has 1 fully saturated rings. The number of halogens is 3. The molecule has 1 aromatic heterocycles. The van der Waals surface area contributed by atoms with Gasteiger partial charge in [0.1, 0.15) is 23.5 Å². The second kappa shape index (κ2) is 7.42. The van der Waals surface area contributed by atoms with Crippen LogP contribution >= 0.6 is 0 Å². The zero-order chi connectivity index (χ0) is 18.8. The fourth-order valence-electron chi connectivity index (χ4n) is 3.31. The molecule has 1 aliphatic heterocycles. The fourth-order valence-corrected chi connectivity index (χ4v) is 3.31. The molecule has 2 heterocycles. The molecule has 0 amide bonds. The van der Waals surface area contributed by atoms with Crippen LogP contribution in [0.1, 0.15) is 25.1 Å². The zero-order valence-corrected chi connectivity index (χ0v) is 14.5. The van der Waals surface area contributed by atoms with Crippen LogP contribution in [0.25, 0.3) is 10.9 Å². The first kappa shape index (κ1) is 17.6. The van der Waals surface area contributed by atoms with E-state index in [9.17, 15) is 13.2 Å². The summed E-state index contributed by atoms with van der Waals surface area (Å²) in [4.78, 5) is 10.1. The van der Waals surface area contributed by atoms with Crippen LogP contribution in [0.15, 0.2) is 48.5 Å². The molecular weight excluding hydrogens is 355 g/mol. The van der Waals surface area contributed by atoms with Gasteiger partial charge in [-0.05, 0) is 36.4 Å². The van der Waals surface area contributed by atoms with Gasteiger partial charge >= 0.3 is 0 Å². The van der Waals surface area contributed by atoms with Gasteiger partial charge < -0.3 is 9.64 Å². The van der Waals surface area contributed by atoms with Crippen LogP contribution in [0.5, 0.6) is 5.75 Å². The smallest absolute Gasteiger partial charge is 0.297 e. The maximum Gasteiger partial charge on any atom is 0.297 e. The van der Waals surface area contributed by atoms with Crippen LogP contribution in [0.4, 0.5) is 19.0 Å². The molecule has 0 radical (unpaired) electrons. The van der Waals surface area contributed by atoms with Crippen LogP contribution in [0.2, 0.25) is 0 Å². The lowest BCUT2D eigenvalue weighted by atomic mass is 10.1. The average Bonchev–Trinajstić information content (AvgIpc) is 2.69. The maximum absolute atomic E-state index is 13.2. The molecule has 0 N–H and O–H groups in total. The molecule has 0 bridgehead atoms. The lowest BCUT2D eigenvalue weighted by Gasteiger charge is -2.33. The lowest BCUT2D eigenvalue weighted by Crippen LogP contribution is -2.39. The molecule has 0 unspecified atom stereocenters. The Bertz CT molecular complexity index is 925. The Balaban J connectivity index is 1.51. The third-order valence-corrected chi connectivity index (χ3v) is 4.65. The van der Waals surface area contributed by atoms with E-state index in [-0.39, 0.29) is 11.9 Å². The minimum Gasteiger partial charge on any atom is -0.490 e. The highest BCUT2D eigenvalue weighted by molar-refractivity contribution is 5.89. The Labute approximate surface area is 154 Å². The van der Waals surface area contributed by atoms with Crippen LogP contribution < -0.4 is 9.64 Å². The van der Waals surface area contributed by atoms with Crippen molar-refractivity contribution in [2.24, 2.45) is 0 Å². The highest BCUT2D eigenvalue weighted by Crippen LogP contribution is 2.29. The number of anilines is 1. The molecule has 27 heavy (non-hydrogen) atoms. The molecule has 0 atom stereocenters. The lowest BCUT2D eigenvalue weighted by molar-refractivity contribution is 0.140. The molecule has 140 valence electrons. The molecule has 0 saturated carbocycles. The fraction of sp³-hybridized carbons (Fsp3) is 0.300. The molecule has 7 heteroatoms. The van der Waals surface area contributed by atoms with E-state index >= 15 is 0 Å². The summed E-state index contributed by atoms with van der Waals surface area (Å²) >= 11 is 0. The van der Waals surface area contributed by atoms with Crippen molar-refractivity contribution in [2.75, 3.05) is 18.0 Å². The number of para-hydroxylation sites is 1. The van der Waals surface area contributed by atoms with Crippen molar-refractivity contribution in [1.29, 1.82) is 0 Å². The van der Waals surface area contributed by atoms with Gasteiger partial charge in [-0.3, -0.25) is 0 Å². The molecular formula is C20H18F3N3O. The largest absolute Gasteiger partial charge is 0.490 e. The molecule has 1 saturated heterocycles. The highest BCUT2D eigenvalue weighted by Gasteiger charge is 2.24. The van der Waals surface area contributed by atoms with E-state index in [1.165, 1.54) is 12.1 Å². The number of benzene rings is 2. The number of hydrogen-bond donors (Lipinski definition) is 0. The predicted octanol–water partition coefficient (Wildman–Crippen LogP) is 4.75. The number of nitrogens with zero attached hydrogens (tertiary/aromatic N) is 3. The number of aromatic nitrogens is 2. The quantitative estimate of drug-likeness (QED) is 0.661. The summed E-state index contributed by atoms with van der Waals surface area (Å²) in [5.41, 5.74) is 0.516. The predicted molar refractivity (Wildman–Crippen MR) is 96.8 cm³/mol. The molecule has 1 aliphatic rings. The summed E-state index contributed by atoms with van der Waals surface area (Å²) in [5, 5.41) is 0.764. The Morgan fingerprint density at radius 1 is 0.963 bits per heavy atom. The van der Waals surface area contributed by atoms with Crippen molar-refractivity contribution in [2.45, 2.75) is 25.4 Å². The Morgan fingerprint density at radius 3 is 2.37 bits per heavy atom. The van der Waals surface area contributed by atoms with E-state index in [2.05, 4.69) is 9.97 Å². The van der Waals surface area contributed by atoms with Crippen molar-refractivity contribution in [3.63, 3.8) is 0 Å². The number of alkyl halides is 2. The van der Waals surface area contributed by atoms with Crippen molar-refractivity contribution < 1.29 is 17.9 Å². The van der Waals surface area contributed by atoms with Gasteiger partial charge in [0, 0.05) is 31.3 Å². The molecule has 0 spiro atoms. The first-order valence-corrected chi connectivity index (χ1v) is 8.82. The number of fused-ring (bicyclic) bond motifs is 1. The maximum atomic E-state index is 13.2. The van der Waals surface area contributed by atoms with E-state index < -0.39 is 12.2 Å². The first-order valence-electron chi connectivity index (χ1n) is 8.82. The van der Waals surface area contributed by atoms with E-state index in [4.69, 9.17) is 4.74 Å². The van der Waals surface area contributed by atoms with Crippen molar-refractivity contribution >= 4 is 16.7 Å². The van der Waals surface area contributed by atoms with Gasteiger partial charge in [0.25, 0.3) is 6.43 Å². The zero-order valence-electron chi connectivity index (χ0n) is 14.5. The monoisotopic (exact) mass is 373 g/mol. The second-order valence-electron chi connectivity index (χ2n) is 6.48. The Morgan fingerprint density at radius 2 is 1.67 bits per heavy atom. The van der Waals surface area contributed by atoms with Gasteiger partial charge in [-0.15, -0.1) is 0 Å². The molecule has 4 rings (SSSR count). The number of piperidine rings is 1. The van der Waals surface area contributed by atoms with Crippen LogP contribution in [-0.2, 0) is 0 Å². The third-order valence-electron chi connectivity index (χ3n) is 4.65. The van der Waals surface area contributed by atoms with Gasteiger partial charge in [-0.1, -0.05) is 12.1 Å². The van der Waals surface area contributed by atoms with Crippen LogP contribution in [0, 0.1) is 5.82 Å². The van der Waals surface area contributed by atoms with Gasteiger partial charge in [0.15, 0.2) is 5.82 Å².